The van der Waals surface area contributed by atoms with Crippen LogP contribution in [-0.4, -0.2) is 35.5 Å². The molecule has 0 aromatic rings. The fourth-order valence-corrected chi connectivity index (χ4v) is 0.763. The molecular formula is C9H21NO2. The van der Waals surface area contributed by atoms with Gasteiger partial charge >= 0.3 is 0 Å². The molecule has 0 fully saturated rings. The molecule has 3 heteroatoms. The molecule has 0 aromatic carbocycles. The third-order valence-electron chi connectivity index (χ3n) is 1.59. The lowest BCUT2D eigenvalue weighted by molar-refractivity contribution is 0.0726. The Morgan fingerprint density at radius 2 is 1.58 bits per heavy atom. The normalized spacial score (nSPS) is 13.5. The van der Waals surface area contributed by atoms with Crippen LogP contribution in [0.1, 0.15) is 27.7 Å². The van der Waals surface area contributed by atoms with Gasteiger partial charge in [0.05, 0.1) is 5.60 Å². The number of aliphatic hydroxyl groups excluding tert-OH is 1. The van der Waals surface area contributed by atoms with Crippen LogP contribution in [0.5, 0.6) is 0 Å². The summed E-state index contributed by atoms with van der Waals surface area (Å²) in [5, 5.41) is 21.4. The highest BCUT2D eigenvalue weighted by Crippen LogP contribution is 2.11. The van der Waals surface area contributed by atoms with E-state index in [2.05, 4.69) is 5.32 Å². The van der Waals surface area contributed by atoms with Gasteiger partial charge in [-0.05, 0) is 13.8 Å². The quantitative estimate of drug-likeness (QED) is 0.565. The maximum atomic E-state index is 9.36. The number of aliphatic hydroxyl groups is 2. The Kier molecular flexibility index (Phi) is 4.17. The summed E-state index contributed by atoms with van der Waals surface area (Å²) in [6.07, 6.45) is 0. The first-order valence-electron chi connectivity index (χ1n) is 4.31. The highest BCUT2D eigenvalue weighted by molar-refractivity contribution is 4.74. The van der Waals surface area contributed by atoms with Gasteiger partial charge in [-0.15, -0.1) is 0 Å². The minimum absolute atomic E-state index is 0.106. The molecule has 0 saturated carbocycles. The highest BCUT2D eigenvalue weighted by Gasteiger charge is 2.18. The number of rotatable bonds is 5. The van der Waals surface area contributed by atoms with Gasteiger partial charge in [0.15, 0.2) is 0 Å². The van der Waals surface area contributed by atoms with E-state index in [-0.39, 0.29) is 12.0 Å². The van der Waals surface area contributed by atoms with Crippen LogP contribution in [0.25, 0.3) is 0 Å². The van der Waals surface area contributed by atoms with Gasteiger partial charge in [0, 0.05) is 25.1 Å². The second-order valence-corrected chi connectivity index (χ2v) is 4.74. The zero-order valence-corrected chi connectivity index (χ0v) is 8.52. The first-order chi connectivity index (χ1) is 5.27. The van der Waals surface area contributed by atoms with Gasteiger partial charge in [-0.25, -0.2) is 0 Å². The number of nitrogens with one attached hydrogen (secondary N) is 1. The fraction of sp³-hybridized carbons (Fsp3) is 1.00. The lowest BCUT2D eigenvalue weighted by Gasteiger charge is -2.25. The number of hydrogen-bond donors (Lipinski definition) is 3. The molecule has 0 unspecified atom stereocenters. The second kappa shape index (κ2) is 4.21. The maximum Gasteiger partial charge on any atom is 0.0715 e. The van der Waals surface area contributed by atoms with Crippen molar-refractivity contribution in [2.24, 2.45) is 5.41 Å². The molecule has 12 heavy (non-hydrogen) atoms. The molecule has 74 valence electrons. The topological polar surface area (TPSA) is 52.5 Å². The maximum absolute atomic E-state index is 9.36. The molecule has 0 spiro atoms. The molecule has 0 amide bonds. The van der Waals surface area contributed by atoms with Gasteiger partial charge in [0.25, 0.3) is 0 Å². The molecule has 0 aliphatic heterocycles. The van der Waals surface area contributed by atoms with Crippen molar-refractivity contribution in [2.75, 3.05) is 19.7 Å². The van der Waals surface area contributed by atoms with Gasteiger partial charge in [-0.2, -0.15) is 0 Å². The molecule has 0 heterocycles. The Morgan fingerprint density at radius 1 is 1.08 bits per heavy atom. The Bertz CT molecular complexity index is 127. The van der Waals surface area contributed by atoms with E-state index in [9.17, 15) is 5.11 Å². The first kappa shape index (κ1) is 11.9. The molecule has 0 aliphatic carbocycles. The van der Waals surface area contributed by atoms with Gasteiger partial charge in [0.2, 0.25) is 0 Å². The SMILES string of the molecule is CC(C)(O)CNCC(C)(C)CO. The van der Waals surface area contributed by atoms with Gasteiger partial charge in [0.1, 0.15) is 0 Å². The van der Waals surface area contributed by atoms with Crippen LogP contribution < -0.4 is 5.32 Å². The van der Waals surface area contributed by atoms with Crippen molar-refractivity contribution in [2.45, 2.75) is 33.3 Å². The zero-order valence-electron chi connectivity index (χ0n) is 8.52. The Hall–Kier alpha value is -0.120. The van der Waals surface area contributed by atoms with Crippen LogP contribution in [0.2, 0.25) is 0 Å². The Labute approximate surface area is 74.8 Å². The molecule has 0 aliphatic rings. The van der Waals surface area contributed by atoms with Crippen molar-refractivity contribution in [3.8, 4) is 0 Å². The van der Waals surface area contributed by atoms with Crippen LogP contribution >= 0.6 is 0 Å². The summed E-state index contributed by atoms with van der Waals surface area (Å²) in [4.78, 5) is 0. The summed E-state index contributed by atoms with van der Waals surface area (Å²) in [6.45, 7) is 8.89. The molecule has 0 saturated heterocycles. The second-order valence-electron chi connectivity index (χ2n) is 4.74. The standard InChI is InChI=1S/C9H21NO2/c1-8(2,7-11)5-10-6-9(3,4)12/h10-12H,5-7H2,1-4H3. The average molecular weight is 175 g/mol. The minimum Gasteiger partial charge on any atom is -0.396 e. The van der Waals surface area contributed by atoms with Gasteiger partial charge in [-0.1, -0.05) is 13.8 Å². The zero-order chi connectivity index (χ0) is 9.83. The molecule has 0 aromatic heterocycles. The van der Waals surface area contributed by atoms with Crippen LogP contribution in [0, 0.1) is 5.41 Å². The minimum atomic E-state index is -0.675. The molecule has 3 nitrogen and oxygen atoms in total. The lowest BCUT2D eigenvalue weighted by atomic mass is 9.95. The molecule has 3 N–H and O–H groups in total. The van der Waals surface area contributed by atoms with Crippen LogP contribution in [0.15, 0.2) is 0 Å². The predicted octanol–water partition coefficient (Wildman–Crippen LogP) is 0.365. The summed E-state index contributed by atoms with van der Waals surface area (Å²) in [7, 11) is 0. The molecular weight excluding hydrogens is 154 g/mol. The van der Waals surface area contributed by atoms with Crippen molar-refractivity contribution < 1.29 is 10.2 Å². The highest BCUT2D eigenvalue weighted by atomic mass is 16.3. The third kappa shape index (κ3) is 6.58. The van der Waals surface area contributed by atoms with Crippen LogP contribution in [-0.2, 0) is 0 Å². The van der Waals surface area contributed by atoms with Crippen molar-refractivity contribution in [1.29, 1.82) is 0 Å². The van der Waals surface area contributed by atoms with E-state index in [0.29, 0.717) is 13.1 Å². The largest absolute Gasteiger partial charge is 0.396 e. The number of hydrogen-bond acceptors (Lipinski definition) is 3. The molecule has 0 rings (SSSR count). The molecule has 0 atom stereocenters. The summed E-state index contributed by atoms with van der Waals surface area (Å²) >= 11 is 0. The van der Waals surface area contributed by atoms with E-state index in [1.165, 1.54) is 0 Å². The van der Waals surface area contributed by atoms with Crippen molar-refractivity contribution in [1.82, 2.24) is 5.32 Å². The lowest BCUT2D eigenvalue weighted by Crippen LogP contribution is -2.40. The van der Waals surface area contributed by atoms with Crippen LogP contribution in [0.3, 0.4) is 0 Å². The Morgan fingerprint density at radius 3 is 1.92 bits per heavy atom. The smallest absolute Gasteiger partial charge is 0.0715 e. The summed E-state index contributed by atoms with van der Waals surface area (Å²) in [5.74, 6) is 0. The Balaban J connectivity index is 3.57. The van der Waals surface area contributed by atoms with E-state index in [0.717, 1.165) is 0 Å². The van der Waals surface area contributed by atoms with E-state index in [1.54, 1.807) is 13.8 Å². The average Bonchev–Trinajstić information content (AvgIpc) is 1.84. The van der Waals surface area contributed by atoms with Gasteiger partial charge < -0.3 is 15.5 Å². The van der Waals surface area contributed by atoms with E-state index < -0.39 is 5.60 Å². The van der Waals surface area contributed by atoms with E-state index in [4.69, 9.17) is 5.11 Å². The summed E-state index contributed by atoms with van der Waals surface area (Å²) < 4.78 is 0. The fourth-order valence-electron chi connectivity index (χ4n) is 0.763. The van der Waals surface area contributed by atoms with E-state index in [1.807, 2.05) is 13.8 Å². The van der Waals surface area contributed by atoms with Crippen molar-refractivity contribution >= 4 is 0 Å². The monoisotopic (exact) mass is 175 g/mol. The van der Waals surface area contributed by atoms with Crippen LogP contribution in [0.4, 0.5) is 0 Å². The van der Waals surface area contributed by atoms with Crippen molar-refractivity contribution in [3.63, 3.8) is 0 Å². The molecule has 0 radical (unpaired) electrons. The summed E-state index contributed by atoms with van der Waals surface area (Å²) in [6, 6.07) is 0. The third-order valence-corrected chi connectivity index (χ3v) is 1.59. The summed E-state index contributed by atoms with van der Waals surface area (Å²) in [5.41, 5.74) is -0.781. The van der Waals surface area contributed by atoms with E-state index >= 15 is 0 Å². The van der Waals surface area contributed by atoms with Crippen molar-refractivity contribution in [3.05, 3.63) is 0 Å². The van der Waals surface area contributed by atoms with Gasteiger partial charge in [-0.3, -0.25) is 0 Å². The molecule has 0 bridgehead atoms. The first-order valence-corrected chi connectivity index (χ1v) is 4.31. The predicted molar refractivity (Wildman–Crippen MR) is 50.0 cm³/mol.